The molecule has 2 aromatic carbocycles. The number of para-hydroxylation sites is 1. The molecule has 0 radical (unpaired) electrons. The van der Waals surface area contributed by atoms with E-state index in [1.54, 1.807) is 6.21 Å². The lowest BCUT2D eigenvalue weighted by atomic mass is 10.0. The third kappa shape index (κ3) is 2.75. The van der Waals surface area contributed by atoms with Crippen molar-refractivity contribution in [1.82, 2.24) is 4.98 Å². The van der Waals surface area contributed by atoms with Gasteiger partial charge in [0.2, 0.25) is 0 Å². The first-order chi connectivity index (χ1) is 11.1. The summed E-state index contributed by atoms with van der Waals surface area (Å²) in [6.45, 7) is 4.04. The molecule has 0 fully saturated rings. The summed E-state index contributed by atoms with van der Waals surface area (Å²) in [5, 5.41) is 1.00. The molecule has 0 amide bonds. The number of fused-ring (bicyclic) bond motifs is 1. The van der Waals surface area contributed by atoms with Gasteiger partial charge in [0, 0.05) is 22.7 Å². The molecule has 0 spiro atoms. The Labute approximate surface area is 134 Å². The number of aliphatic imine (C=N–C) groups is 1. The van der Waals surface area contributed by atoms with Crippen LogP contribution >= 0.6 is 0 Å². The van der Waals surface area contributed by atoms with Gasteiger partial charge in [-0.05, 0) is 37.1 Å². The van der Waals surface area contributed by atoms with E-state index < -0.39 is 5.97 Å². The van der Waals surface area contributed by atoms with Gasteiger partial charge in [-0.25, -0.2) is 4.79 Å². The van der Waals surface area contributed by atoms with Gasteiger partial charge in [0.25, 0.3) is 0 Å². The van der Waals surface area contributed by atoms with E-state index in [1.807, 2.05) is 56.3 Å². The molecule has 0 saturated heterocycles. The number of benzene rings is 2. The Morgan fingerprint density at radius 1 is 1.09 bits per heavy atom. The fraction of sp³-hybridized carbons (Fsp3) is 0.158. The second-order valence-electron chi connectivity index (χ2n) is 5.45. The van der Waals surface area contributed by atoms with Crippen LogP contribution in [0.2, 0.25) is 0 Å². The number of nitrogens with one attached hydrogen (secondary N) is 1. The molecular weight excluding hydrogens is 288 g/mol. The summed E-state index contributed by atoms with van der Waals surface area (Å²) in [4.78, 5) is 19.8. The first-order valence-electron chi connectivity index (χ1n) is 7.41. The maximum Gasteiger partial charge on any atom is 0.355 e. The van der Waals surface area contributed by atoms with E-state index in [4.69, 9.17) is 4.74 Å². The minimum atomic E-state index is -0.394. The topological polar surface area (TPSA) is 54.5 Å². The number of aromatic nitrogens is 1. The Balaban J connectivity index is 2.22. The van der Waals surface area contributed by atoms with E-state index in [9.17, 15) is 4.79 Å². The number of carbonyl (C=O) groups excluding carboxylic acids is 1. The quantitative estimate of drug-likeness (QED) is 0.578. The van der Waals surface area contributed by atoms with Gasteiger partial charge in [0.05, 0.1) is 12.8 Å². The van der Waals surface area contributed by atoms with Crippen LogP contribution in [0.3, 0.4) is 0 Å². The number of H-pyrrole nitrogens is 1. The first-order valence-corrected chi connectivity index (χ1v) is 7.41. The van der Waals surface area contributed by atoms with E-state index in [2.05, 4.69) is 9.98 Å². The van der Waals surface area contributed by atoms with Crippen LogP contribution in [-0.4, -0.2) is 24.3 Å². The van der Waals surface area contributed by atoms with Crippen LogP contribution < -0.4 is 0 Å². The highest BCUT2D eigenvalue weighted by Crippen LogP contribution is 2.28. The molecule has 0 unspecified atom stereocenters. The Bertz CT molecular complexity index is 893. The smallest absolute Gasteiger partial charge is 0.355 e. The fourth-order valence-electron chi connectivity index (χ4n) is 2.68. The van der Waals surface area contributed by atoms with Crippen molar-refractivity contribution in [2.24, 2.45) is 4.99 Å². The second kappa shape index (κ2) is 6.08. The van der Waals surface area contributed by atoms with Gasteiger partial charge in [-0.3, -0.25) is 4.99 Å². The van der Waals surface area contributed by atoms with E-state index in [0.717, 1.165) is 33.3 Å². The van der Waals surface area contributed by atoms with Crippen LogP contribution in [0.15, 0.2) is 47.5 Å². The molecule has 1 aromatic heterocycles. The Morgan fingerprint density at radius 3 is 2.48 bits per heavy atom. The van der Waals surface area contributed by atoms with Crippen LogP contribution in [0.1, 0.15) is 27.2 Å². The van der Waals surface area contributed by atoms with Crippen molar-refractivity contribution in [1.29, 1.82) is 0 Å². The minimum Gasteiger partial charge on any atom is -0.464 e. The molecule has 3 aromatic rings. The number of aromatic amines is 1. The summed E-state index contributed by atoms with van der Waals surface area (Å²) in [5.74, 6) is -0.394. The lowest BCUT2D eigenvalue weighted by Gasteiger charge is -2.01. The van der Waals surface area contributed by atoms with E-state index in [1.165, 1.54) is 7.11 Å². The summed E-state index contributed by atoms with van der Waals surface area (Å²) in [6, 6.07) is 13.7. The van der Waals surface area contributed by atoms with Crippen molar-refractivity contribution in [3.05, 3.63) is 64.8 Å². The third-order valence-electron chi connectivity index (χ3n) is 3.90. The Hall–Kier alpha value is -2.88. The molecule has 4 heteroatoms. The van der Waals surface area contributed by atoms with Gasteiger partial charge in [-0.15, -0.1) is 0 Å². The Kier molecular flexibility index (Phi) is 3.98. The maximum atomic E-state index is 12.1. The number of aryl methyl sites for hydroxylation is 2. The number of rotatable bonds is 3. The standard InChI is InChI=1S/C19H18N2O2/c1-12-9-10-13(2)17-16(12)15(18(21-17)19(22)23-3)11-20-14-7-5-4-6-8-14/h4-11,21H,1-3H3/b20-11+. The highest BCUT2D eigenvalue weighted by Gasteiger charge is 2.19. The molecule has 1 heterocycles. The van der Waals surface area contributed by atoms with Gasteiger partial charge >= 0.3 is 5.97 Å². The molecular formula is C19H18N2O2. The fourth-order valence-corrected chi connectivity index (χ4v) is 2.68. The summed E-state index contributed by atoms with van der Waals surface area (Å²) < 4.78 is 4.91. The van der Waals surface area contributed by atoms with Crippen LogP contribution in [0.25, 0.3) is 10.9 Å². The monoisotopic (exact) mass is 306 g/mol. The van der Waals surface area contributed by atoms with Crippen molar-refractivity contribution in [2.75, 3.05) is 7.11 Å². The number of esters is 1. The largest absolute Gasteiger partial charge is 0.464 e. The molecule has 0 saturated carbocycles. The van der Waals surface area contributed by atoms with Gasteiger partial charge in [-0.1, -0.05) is 30.3 Å². The van der Waals surface area contributed by atoms with Gasteiger partial charge in [0.1, 0.15) is 5.69 Å². The average Bonchev–Trinajstić information content (AvgIpc) is 2.97. The molecule has 116 valence electrons. The number of ether oxygens (including phenoxy) is 1. The third-order valence-corrected chi connectivity index (χ3v) is 3.90. The normalized spacial score (nSPS) is 11.3. The first kappa shape index (κ1) is 15.0. The number of carbonyl (C=O) groups is 1. The average molecular weight is 306 g/mol. The molecule has 0 aliphatic carbocycles. The molecule has 1 N–H and O–H groups in total. The lowest BCUT2D eigenvalue weighted by molar-refractivity contribution is 0.0595. The van der Waals surface area contributed by atoms with Crippen LogP contribution in [0, 0.1) is 13.8 Å². The Morgan fingerprint density at radius 2 is 1.78 bits per heavy atom. The summed E-state index contributed by atoms with van der Waals surface area (Å²) in [6.07, 6.45) is 1.73. The van der Waals surface area contributed by atoms with Crippen molar-refractivity contribution in [2.45, 2.75) is 13.8 Å². The molecule has 23 heavy (non-hydrogen) atoms. The van der Waals surface area contributed by atoms with Crippen molar-refractivity contribution >= 4 is 28.8 Å². The maximum absolute atomic E-state index is 12.1. The van der Waals surface area contributed by atoms with Crippen LogP contribution in [0.5, 0.6) is 0 Å². The van der Waals surface area contributed by atoms with Crippen LogP contribution in [-0.2, 0) is 4.74 Å². The van der Waals surface area contributed by atoms with Crippen LogP contribution in [0.4, 0.5) is 5.69 Å². The van der Waals surface area contributed by atoms with Crippen molar-refractivity contribution < 1.29 is 9.53 Å². The summed E-state index contributed by atoms with van der Waals surface area (Å²) in [7, 11) is 1.38. The van der Waals surface area contributed by atoms with E-state index in [0.29, 0.717) is 5.69 Å². The molecule has 0 atom stereocenters. The van der Waals surface area contributed by atoms with Gasteiger partial charge < -0.3 is 9.72 Å². The molecule has 0 bridgehead atoms. The zero-order chi connectivity index (χ0) is 16.4. The van der Waals surface area contributed by atoms with Gasteiger partial charge in [0.15, 0.2) is 0 Å². The van der Waals surface area contributed by atoms with Gasteiger partial charge in [-0.2, -0.15) is 0 Å². The molecule has 4 nitrogen and oxygen atoms in total. The molecule has 3 rings (SSSR count). The predicted octanol–water partition coefficient (Wildman–Crippen LogP) is 4.32. The van der Waals surface area contributed by atoms with E-state index in [-0.39, 0.29) is 0 Å². The van der Waals surface area contributed by atoms with Crippen molar-refractivity contribution in [3.63, 3.8) is 0 Å². The number of hydrogen-bond acceptors (Lipinski definition) is 3. The zero-order valence-corrected chi connectivity index (χ0v) is 13.4. The SMILES string of the molecule is COC(=O)c1[nH]c2c(C)ccc(C)c2c1/C=N/c1ccccc1. The highest BCUT2D eigenvalue weighted by atomic mass is 16.5. The highest BCUT2D eigenvalue weighted by molar-refractivity contribution is 6.11. The molecule has 0 aliphatic heterocycles. The predicted molar refractivity (Wildman–Crippen MR) is 92.8 cm³/mol. The lowest BCUT2D eigenvalue weighted by Crippen LogP contribution is -2.04. The summed E-state index contributed by atoms with van der Waals surface area (Å²) >= 11 is 0. The number of hydrogen-bond donors (Lipinski definition) is 1. The molecule has 0 aliphatic rings. The zero-order valence-electron chi connectivity index (χ0n) is 13.4. The summed E-state index contributed by atoms with van der Waals surface area (Å²) in [5.41, 5.74) is 5.14. The number of methoxy groups -OCH3 is 1. The van der Waals surface area contributed by atoms with E-state index >= 15 is 0 Å². The minimum absolute atomic E-state index is 0.394. The second-order valence-corrected chi connectivity index (χ2v) is 5.45. The van der Waals surface area contributed by atoms with Crippen molar-refractivity contribution in [3.8, 4) is 0 Å². The number of nitrogens with zero attached hydrogens (tertiary/aromatic N) is 1.